The van der Waals surface area contributed by atoms with E-state index in [1.54, 1.807) is 0 Å². The molecule has 0 radical (unpaired) electrons. The molecule has 0 N–H and O–H groups in total. The van der Waals surface area contributed by atoms with E-state index in [1.807, 2.05) is 36.7 Å². The zero-order valence-corrected chi connectivity index (χ0v) is 21.7. The molecule has 1 unspecified atom stereocenters. The van der Waals surface area contributed by atoms with Crippen molar-refractivity contribution in [2.24, 2.45) is 0 Å². The number of hydrogen-bond donors (Lipinski definition) is 0. The summed E-state index contributed by atoms with van der Waals surface area (Å²) in [5, 5.41) is 0. The Hall–Kier alpha value is -1.97. The van der Waals surface area contributed by atoms with Crippen LogP contribution in [0.2, 0.25) is 0 Å². The fraction of sp³-hybridized carbons (Fsp3) is 0.667. The van der Waals surface area contributed by atoms with Crippen molar-refractivity contribution < 1.29 is 9.13 Å². The molecule has 1 aromatic heterocycles. The van der Waals surface area contributed by atoms with E-state index in [9.17, 15) is 4.39 Å². The van der Waals surface area contributed by atoms with Crippen LogP contribution in [0.5, 0.6) is 5.75 Å². The maximum absolute atomic E-state index is 13.8. The third-order valence-electron chi connectivity index (χ3n) is 6.44. The minimum Gasteiger partial charge on any atom is -0.494 e. The largest absolute Gasteiger partial charge is 0.494 e. The second-order valence-electron chi connectivity index (χ2n) is 9.60. The van der Waals surface area contributed by atoms with Crippen LogP contribution in [-0.4, -0.2) is 22.7 Å². The first kappa shape index (κ1) is 28.3. The molecule has 190 valence electrons. The Morgan fingerprint density at radius 1 is 0.706 bits per heavy atom. The number of ether oxygens (including phenoxy) is 1. The highest BCUT2D eigenvalue weighted by Crippen LogP contribution is 2.20. The molecule has 1 atom stereocenters. The van der Waals surface area contributed by atoms with Gasteiger partial charge in [0.15, 0.2) is 5.82 Å². The van der Waals surface area contributed by atoms with Crippen LogP contribution in [0, 0.1) is 0 Å². The smallest absolute Gasteiger partial charge is 0.159 e. The Bertz CT molecular complexity index is 732. The van der Waals surface area contributed by atoms with Crippen LogP contribution in [0.1, 0.15) is 116 Å². The van der Waals surface area contributed by atoms with Gasteiger partial charge in [-0.3, -0.25) is 0 Å². The van der Waals surface area contributed by atoms with Crippen LogP contribution in [0.15, 0.2) is 36.7 Å². The molecule has 0 amide bonds. The van der Waals surface area contributed by atoms with Crippen LogP contribution < -0.4 is 4.74 Å². The number of unbranched alkanes of at least 4 members (excludes halogenated alkanes) is 10. The summed E-state index contributed by atoms with van der Waals surface area (Å²) in [6.45, 7) is 5.05. The third-order valence-corrected chi connectivity index (χ3v) is 6.44. The quantitative estimate of drug-likeness (QED) is 0.181. The van der Waals surface area contributed by atoms with Gasteiger partial charge in [-0.1, -0.05) is 78.1 Å². The highest BCUT2D eigenvalue weighted by molar-refractivity contribution is 5.55. The fourth-order valence-corrected chi connectivity index (χ4v) is 4.21. The lowest BCUT2D eigenvalue weighted by molar-refractivity contribution is 0.261. The summed E-state index contributed by atoms with van der Waals surface area (Å²) in [5.41, 5.74) is 2.22. The predicted octanol–water partition coefficient (Wildman–Crippen LogP) is 9.29. The SMILES string of the molecule is CCCCCCCCCCc1cnc(-c2ccc(OCCCCC(F)CCCCC)cc2)nc1. The topological polar surface area (TPSA) is 35.0 Å². The van der Waals surface area contributed by atoms with Crippen LogP contribution in [0.3, 0.4) is 0 Å². The minimum atomic E-state index is -0.655. The highest BCUT2D eigenvalue weighted by atomic mass is 19.1. The molecule has 0 spiro atoms. The molecule has 0 bridgehead atoms. The Morgan fingerprint density at radius 2 is 1.26 bits per heavy atom. The molecule has 0 aliphatic heterocycles. The van der Waals surface area contributed by atoms with Gasteiger partial charge in [0, 0.05) is 18.0 Å². The first-order valence-corrected chi connectivity index (χ1v) is 13.9. The molecule has 2 rings (SSSR count). The first-order chi connectivity index (χ1) is 16.7. The molecular formula is C30H47FN2O. The van der Waals surface area contributed by atoms with Crippen LogP contribution >= 0.6 is 0 Å². The van der Waals surface area contributed by atoms with Crippen molar-refractivity contribution in [3.63, 3.8) is 0 Å². The molecule has 2 aromatic rings. The zero-order valence-electron chi connectivity index (χ0n) is 21.7. The second kappa shape index (κ2) is 18.4. The normalized spacial score (nSPS) is 12.1. The van der Waals surface area contributed by atoms with Crippen LogP contribution in [-0.2, 0) is 6.42 Å². The number of alkyl halides is 1. The molecular weight excluding hydrogens is 423 g/mol. The van der Waals surface area contributed by atoms with Crippen molar-refractivity contribution >= 4 is 0 Å². The van der Waals surface area contributed by atoms with Crippen LogP contribution in [0.25, 0.3) is 11.4 Å². The summed E-state index contributed by atoms with van der Waals surface area (Å²) in [7, 11) is 0. The summed E-state index contributed by atoms with van der Waals surface area (Å²) >= 11 is 0. The molecule has 4 heteroatoms. The molecule has 0 saturated heterocycles. The summed E-state index contributed by atoms with van der Waals surface area (Å²) in [6, 6.07) is 7.95. The van der Waals surface area contributed by atoms with Crippen LogP contribution in [0.4, 0.5) is 4.39 Å². The molecule has 0 aliphatic rings. The molecule has 3 nitrogen and oxygen atoms in total. The summed E-state index contributed by atoms with van der Waals surface area (Å²) in [6.07, 6.45) is 21.4. The fourth-order valence-electron chi connectivity index (χ4n) is 4.21. The zero-order chi connectivity index (χ0) is 24.3. The van der Waals surface area contributed by atoms with Crippen molar-refractivity contribution in [3.05, 3.63) is 42.2 Å². The molecule has 0 saturated carbocycles. The number of halogens is 1. The van der Waals surface area contributed by atoms with E-state index in [0.717, 1.165) is 55.7 Å². The van der Waals surface area contributed by atoms with Gasteiger partial charge in [0.1, 0.15) is 11.9 Å². The number of aromatic nitrogens is 2. The van der Waals surface area contributed by atoms with Crippen molar-refractivity contribution in [2.45, 2.75) is 123 Å². The van der Waals surface area contributed by atoms with Gasteiger partial charge in [0.2, 0.25) is 0 Å². The van der Waals surface area contributed by atoms with E-state index < -0.39 is 6.17 Å². The summed E-state index contributed by atoms with van der Waals surface area (Å²) in [4.78, 5) is 9.14. The lowest BCUT2D eigenvalue weighted by Crippen LogP contribution is -2.03. The average molecular weight is 471 g/mol. The third kappa shape index (κ3) is 12.5. The van der Waals surface area contributed by atoms with Crippen molar-refractivity contribution in [2.75, 3.05) is 6.61 Å². The Kier molecular flexibility index (Phi) is 15.3. The Labute approximate surface area is 208 Å². The molecule has 0 fully saturated rings. The van der Waals surface area contributed by atoms with E-state index in [2.05, 4.69) is 23.8 Å². The average Bonchev–Trinajstić information content (AvgIpc) is 2.86. The molecule has 1 aromatic carbocycles. The molecule has 34 heavy (non-hydrogen) atoms. The standard InChI is InChI=1S/C30H47FN2O/c1-3-5-7-8-9-10-11-13-16-26-24-32-30(33-25-26)27-19-21-29(22-20-27)34-23-15-14-18-28(31)17-12-6-4-2/h19-22,24-25,28H,3-18,23H2,1-2H3. The van der Waals surface area contributed by atoms with Crippen molar-refractivity contribution in [1.82, 2.24) is 9.97 Å². The van der Waals surface area contributed by atoms with Gasteiger partial charge in [-0.05, 0) is 68.4 Å². The van der Waals surface area contributed by atoms with E-state index in [1.165, 1.54) is 56.9 Å². The summed E-state index contributed by atoms with van der Waals surface area (Å²) in [5.74, 6) is 1.60. The van der Waals surface area contributed by atoms with Gasteiger partial charge in [-0.2, -0.15) is 0 Å². The van der Waals surface area contributed by atoms with Gasteiger partial charge < -0.3 is 4.74 Å². The second-order valence-corrected chi connectivity index (χ2v) is 9.60. The van der Waals surface area contributed by atoms with E-state index in [0.29, 0.717) is 19.4 Å². The maximum atomic E-state index is 13.8. The van der Waals surface area contributed by atoms with Crippen molar-refractivity contribution in [3.8, 4) is 17.1 Å². The Morgan fingerprint density at radius 3 is 1.91 bits per heavy atom. The number of benzene rings is 1. The van der Waals surface area contributed by atoms with Gasteiger partial charge in [-0.25, -0.2) is 14.4 Å². The molecule has 0 aliphatic carbocycles. The van der Waals surface area contributed by atoms with Gasteiger partial charge >= 0.3 is 0 Å². The minimum absolute atomic E-state index is 0.630. The van der Waals surface area contributed by atoms with E-state index in [-0.39, 0.29) is 0 Å². The predicted molar refractivity (Wildman–Crippen MR) is 142 cm³/mol. The monoisotopic (exact) mass is 470 g/mol. The highest BCUT2D eigenvalue weighted by Gasteiger charge is 2.06. The van der Waals surface area contributed by atoms with Gasteiger partial charge in [-0.15, -0.1) is 0 Å². The maximum Gasteiger partial charge on any atom is 0.159 e. The van der Waals surface area contributed by atoms with E-state index >= 15 is 0 Å². The number of hydrogen-bond acceptors (Lipinski definition) is 3. The van der Waals surface area contributed by atoms with Crippen molar-refractivity contribution in [1.29, 1.82) is 0 Å². The first-order valence-electron chi connectivity index (χ1n) is 13.9. The number of nitrogens with zero attached hydrogens (tertiary/aromatic N) is 2. The Balaban J connectivity index is 1.61. The number of aryl methyl sites for hydroxylation is 1. The lowest BCUT2D eigenvalue weighted by atomic mass is 10.1. The summed E-state index contributed by atoms with van der Waals surface area (Å²) < 4.78 is 19.6. The van der Waals surface area contributed by atoms with E-state index in [4.69, 9.17) is 4.74 Å². The lowest BCUT2D eigenvalue weighted by Gasteiger charge is -2.09. The molecule has 1 heterocycles. The van der Waals surface area contributed by atoms with Gasteiger partial charge in [0.25, 0.3) is 0 Å². The number of rotatable bonds is 20. The van der Waals surface area contributed by atoms with Gasteiger partial charge in [0.05, 0.1) is 6.61 Å².